The van der Waals surface area contributed by atoms with Crippen LogP contribution in [0.1, 0.15) is 27.0 Å². The highest BCUT2D eigenvalue weighted by atomic mass is 19.4. The van der Waals surface area contributed by atoms with E-state index in [1.54, 1.807) is 71.5 Å². The van der Waals surface area contributed by atoms with Crippen LogP contribution in [0.3, 0.4) is 0 Å². The number of aromatic nitrogens is 3. The Morgan fingerprint density at radius 3 is 2.54 bits per heavy atom. The van der Waals surface area contributed by atoms with Gasteiger partial charge < -0.3 is 5.32 Å². The fourth-order valence-corrected chi connectivity index (χ4v) is 4.10. The molecule has 0 aliphatic heterocycles. The predicted octanol–water partition coefficient (Wildman–Crippen LogP) is 6.51. The highest BCUT2D eigenvalue weighted by molar-refractivity contribution is 6.06. The number of fused-ring (bicyclic) bond motifs is 1. The maximum absolute atomic E-state index is 13.8. The molecule has 3 aromatic heterocycles. The normalized spacial score (nSPS) is 11.3. The first kappa shape index (κ1) is 23.8. The summed E-state index contributed by atoms with van der Waals surface area (Å²) >= 11 is 0. The molecule has 0 aliphatic rings. The van der Waals surface area contributed by atoms with Crippen molar-refractivity contribution in [2.45, 2.75) is 13.1 Å². The third-order valence-electron chi connectivity index (χ3n) is 5.90. The molecule has 0 fully saturated rings. The summed E-state index contributed by atoms with van der Waals surface area (Å²) < 4.78 is 43.2. The molecule has 0 aliphatic carbocycles. The number of nitriles is 1. The van der Waals surface area contributed by atoms with Crippen molar-refractivity contribution in [1.29, 1.82) is 5.26 Å². The van der Waals surface area contributed by atoms with Gasteiger partial charge in [-0.3, -0.25) is 14.2 Å². The zero-order valence-corrected chi connectivity index (χ0v) is 19.4. The van der Waals surface area contributed by atoms with Crippen molar-refractivity contribution >= 4 is 17.1 Å². The summed E-state index contributed by atoms with van der Waals surface area (Å²) in [6.07, 6.45) is 0.118. The number of rotatable bonds is 4. The van der Waals surface area contributed by atoms with E-state index >= 15 is 0 Å². The number of alkyl halides is 3. The Hall–Kier alpha value is -4.97. The van der Waals surface area contributed by atoms with Crippen LogP contribution in [-0.4, -0.2) is 20.3 Å². The number of hydrogen-bond acceptors (Lipinski definition) is 4. The zero-order chi connectivity index (χ0) is 26.2. The van der Waals surface area contributed by atoms with Gasteiger partial charge in [-0.05, 0) is 55.0 Å². The van der Waals surface area contributed by atoms with Crippen molar-refractivity contribution in [2.24, 2.45) is 0 Å². The van der Waals surface area contributed by atoms with E-state index in [1.165, 1.54) is 12.1 Å². The molecule has 182 valence electrons. The van der Waals surface area contributed by atoms with E-state index in [4.69, 9.17) is 0 Å². The van der Waals surface area contributed by atoms with Gasteiger partial charge in [-0.2, -0.15) is 18.4 Å². The quantitative estimate of drug-likeness (QED) is 0.307. The lowest BCUT2D eigenvalue weighted by atomic mass is 9.98. The fraction of sp³-hybridized carbons (Fsp3) is 0.0714. The molecule has 0 saturated carbocycles. The van der Waals surface area contributed by atoms with Crippen LogP contribution in [-0.2, 0) is 6.18 Å². The Kier molecular flexibility index (Phi) is 5.93. The molecule has 5 aromatic rings. The van der Waals surface area contributed by atoms with Gasteiger partial charge in [0, 0.05) is 23.6 Å². The molecule has 5 rings (SSSR count). The molecule has 0 radical (unpaired) electrons. The molecular formula is C28H18F3N5O. The molecule has 1 N–H and O–H groups in total. The van der Waals surface area contributed by atoms with Gasteiger partial charge in [0.15, 0.2) is 5.82 Å². The first-order chi connectivity index (χ1) is 17.8. The average molecular weight is 497 g/mol. The van der Waals surface area contributed by atoms with Gasteiger partial charge in [-0.25, -0.2) is 4.98 Å². The molecule has 0 atom stereocenters. The van der Waals surface area contributed by atoms with Gasteiger partial charge in [-0.1, -0.05) is 29.8 Å². The minimum Gasteiger partial charge on any atom is -0.322 e. The van der Waals surface area contributed by atoms with Crippen LogP contribution in [0.2, 0.25) is 0 Å². The Morgan fingerprint density at radius 2 is 1.81 bits per heavy atom. The first-order valence-corrected chi connectivity index (χ1v) is 11.2. The monoisotopic (exact) mass is 497 g/mol. The maximum atomic E-state index is 13.8. The second kappa shape index (κ2) is 9.24. The van der Waals surface area contributed by atoms with Gasteiger partial charge in [0.2, 0.25) is 0 Å². The Morgan fingerprint density at radius 1 is 1.03 bits per heavy atom. The fourth-order valence-electron chi connectivity index (χ4n) is 4.10. The van der Waals surface area contributed by atoms with Crippen molar-refractivity contribution in [1.82, 2.24) is 14.4 Å². The topological polar surface area (TPSA) is 83.1 Å². The van der Waals surface area contributed by atoms with E-state index in [-0.39, 0.29) is 0 Å². The van der Waals surface area contributed by atoms with Crippen LogP contribution in [0.4, 0.5) is 18.9 Å². The number of benzene rings is 2. The minimum absolute atomic E-state index is 0.338. The maximum Gasteiger partial charge on any atom is 0.417 e. The molecule has 3 heterocycles. The number of amides is 1. The predicted molar refractivity (Wildman–Crippen MR) is 133 cm³/mol. The molecule has 0 spiro atoms. The lowest BCUT2D eigenvalue weighted by Crippen LogP contribution is -2.19. The summed E-state index contributed by atoms with van der Waals surface area (Å²) in [6, 6.07) is 19.1. The molecule has 6 nitrogen and oxygen atoms in total. The second-order valence-corrected chi connectivity index (χ2v) is 8.35. The third-order valence-corrected chi connectivity index (χ3v) is 5.90. The molecule has 37 heavy (non-hydrogen) atoms. The molecule has 0 saturated heterocycles. The van der Waals surface area contributed by atoms with Gasteiger partial charge in [0.1, 0.15) is 11.8 Å². The number of halogens is 3. The molecule has 9 heteroatoms. The van der Waals surface area contributed by atoms with Crippen LogP contribution in [0, 0.1) is 18.3 Å². The summed E-state index contributed by atoms with van der Waals surface area (Å²) in [4.78, 5) is 21.7. The second-order valence-electron chi connectivity index (χ2n) is 8.35. The molecule has 0 bridgehead atoms. The van der Waals surface area contributed by atoms with E-state index in [9.17, 15) is 23.2 Å². The lowest BCUT2D eigenvalue weighted by Gasteiger charge is -2.15. The summed E-state index contributed by atoms with van der Waals surface area (Å²) in [6.45, 7) is 1.87. The SMILES string of the molecule is Cc1ccc(NC(=O)c2cc(-c3cccn4c(-c5ncccc5C#N)ncc34)ccc2C(F)(F)F)cc1. The van der Waals surface area contributed by atoms with E-state index in [2.05, 4.69) is 21.4 Å². The molecular weight excluding hydrogens is 479 g/mol. The Balaban J connectivity index is 1.62. The summed E-state index contributed by atoms with van der Waals surface area (Å²) in [5.74, 6) is -0.454. The number of aryl methyl sites for hydroxylation is 1. The number of imidazole rings is 1. The summed E-state index contributed by atoms with van der Waals surface area (Å²) in [7, 11) is 0. The first-order valence-electron chi connectivity index (χ1n) is 11.2. The molecule has 1 amide bonds. The number of nitrogens with zero attached hydrogens (tertiary/aromatic N) is 4. The molecule has 2 aromatic carbocycles. The number of carbonyl (C=O) groups excluding carboxylic acids is 1. The Labute approximate surface area is 209 Å². The standard InChI is InChI=1S/C28H18F3N5O/c1-17-6-9-20(10-7-17)35-27(37)22-14-18(8-11-23(22)28(29,30)31)21-5-3-13-36-24(21)16-34-26(36)25-19(15-32)4-2-12-33-25/h2-14,16H,1H3,(H,35,37). The van der Waals surface area contributed by atoms with Crippen LogP contribution in [0.15, 0.2) is 85.3 Å². The van der Waals surface area contributed by atoms with Gasteiger partial charge in [-0.15, -0.1) is 0 Å². The smallest absolute Gasteiger partial charge is 0.322 e. The number of pyridine rings is 2. The number of hydrogen-bond donors (Lipinski definition) is 1. The van der Waals surface area contributed by atoms with Crippen LogP contribution in [0.25, 0.3) is 28.2 Å². The lowest BCUT2D eigenvalue weighted by molar-refractivity contribution is -0.137. The largest absolute Gasteiger partial charge is 0.417 e. The van der Waals surface area contributed by atoms with E-state index in [0.717, 1.165) is 11.6 Å². The van der Waals surface area contributed by atoms with E-state index < -0.39 is 23.2 Å². The highest BCUT2D eigenvalue weighted by Crippen LogP contribution is 2.36. The van der Waals surface area contributed by atoms with Crippen molar-refractivity contribution < 1.29 is 18.0 Å². The van der Waals surface area contributed by atoms with Crippen LogP contribution < -0.4 is 5.32 Å². The van der Waals surface area contributed by atoms with Crippen molar-refractivity contribution in [3.05, 3.63) is 108 Å². The van der Waals surface area contributed by atoms with Crippen molar-refractivity contribution in [2.75, 3.05) is 5.32 Å². The number of nitrogens with one attached hydrogen (secondary N) is 1. The average Bonchev–Trinajstić information content (AvgIpc) is 3.33. The third kappa shape index (κ3) is 4.52. The highest BCUT2D eigenvalue weighted by Gasteiger charge is 2.35. The van der Waals surface area contributed by atoms with E-state index in [1.807, 2.05) is 6.92 Å². The minimum atomic E-state index is -4.72. The molecule has 0 unspecified atom stereocenters. The van der Waals surface area contributed by atoms with Crippen molar-refractivity contribution in [3.63, 3.8) is 0 Å². The van der Waals surface area contributed by atoms with Gasteiger partial charge in [0.05, 0.1) is 28.4 Å². The van der Waals surface area contributed by atoms with E-state index in [0.29, 0.717) is 39.4 Å². The van der Waals surface area contributed by atoms with Gasteiger partial charge >= 0.3 is 6.18 Å². The number of carbonyl (C=O) groups is 1. The van der Waals surface area contributed by atoms with Crippen LogP contribution in [0.5, 0.6) is 0 Å². The van der Waals surface area contributed by atoms with Crippen molar-refractivity contribution in [3.8, 4) is 28.7 Å². The van der Waals surface area contributed by atoms with Crippen LogP contribution >= 0.6 is 0 Å². The summed E-state index contributed by atoms with van der Waals surface area (Å²) in [5.41, 5.74) is 2.08. The van der Waals surface area contributed by atoms with Gasteiger partial charge in [0.25, 0.3) is 5.91 Å². The zero-order valence-electron chi connectivity index (χ0n) is 19.4. The Bertz CT molecular complexity index is 1680. The number of anilines is 1. The summed E-state index contributed by atoms with van der Waals surface area (Å²) in [5, 5.41) is 12.0.